The zero-order valence-electron chi connectivity index (χ0n) is 12.0. The minimum Gasteiger partial charge on any atom is -0.391 e. The normalized spacial score (nSPS) is 18.0. The van der Waals surface area contributed by atoms with Crippen LogP contribution >= 0.6 is 11.3 Å². The van der Waals surface area contributed by atoms with Gasteiger partial charge in [-0.2, -0.15) is 0 Å². The van der Waals surface area contributed by atoms with Crippen LogP contribution in [0.3, 0.4) is 0 Å². The van der Waals surface area contributed by atoms with Crippen LogP contribution in [0.15, 0.2) is 30.3 Å². The van der Waals surface area contributed by atoms with Gasteiger partial charge in [-0.25, -0.2) is 4.98 Å². The van der Waals surface area contributed by atoms with E-state index in [4.69, 9.17) is 4.98 Å². The molecule has 1 aromatic heterocycles. The minimum absolute atomic E-state index is 0.0732. The molecule has 2 saturated carbocycles. The number of thiazole rings is 1. The van der Waals surface area contributed by atoms with E-state index in [9.17, 15) is 5.11 Å². The molecular weight excluding hydrogens is 280 g/mol. The van der Waals surface area contributed by atoms with Crippen LogP contribution in [0, 0.1) is 5.92 Å². The molecule has 21 heavy (non-hydrogen) atoms. The second kappa shape index (κ2) is 5.43. The average Bonchev–Trinajstić information content (AvgIpc) is 3.43. The van der Waals surface area contributed by atoms with Gasteiger partial charge in [-0.1, -0.05) is 41.7 Å². The molecule has 1 aromatic carbocycles. The van der Waals surface area contributed by atoms with Crippen LogP contribution in [0.4, 0.5) is 5.13 Å². The Morgan fingerprint density at radius 1 is 1.14 bits per heavy atom. The number of hydrogen-bond acceptors (Lipinski definition) is 4. The predicted molar refractivity (Wildman–Crippen MR) is 86.6 cm³/mol. The van der Waals surface area contributed by atoms with Crippen molar-refractivity contribution in [3.63, 3.8) is 0 Å². The molecule has 0 unspecified atom stereocenters. The van der Waals surface area contributed by atoms with Crippen molar-refractivity contribution >= 4 is 16.5 Å². The summed E-state index contributed by atoms with van der Waals surface area (Å²) in [6.07, 6.45) is 5.32. The summed E-state index contributed by atoms with van der Waals surface area (Å²) in [6.45, 7) is 1.22. The molecule has 1 heterocycles. The molecule has 0 amide bonds. The summed E-state index contributed by atoms with van der Waals surface area (Å²) >= 11 is 1.67. The van der Waals surface area contributed by atoms with Crippen LogP contribution in [0.5, 0.6) is 0 Å². The molecule has 2 aliphatic carbocycles. The number of benzene rings is 1. The molecule has 2 aliphatic rings. The Morgan fingerprint density at radius 3 is 2.52 bits per heavy atom. The van der Waals surface area contributed by atoms with Crippen molar-refractivity contribution in [3.8, 4) is 11.3 Å². The minimum atomic E-state index is 0.0732. The highest BCUT2D eigenvalue weighted by atomic mass is 32.1. The van der Waals surface area contributed by atoms with E-state index in [1.807, 2.05) is 18.2 Å². The molecule has 2 aromatic rings. The van der Waals surface area contributed by atoms with Gasteiger partial charge in [0.25, 0.3) is 0 Å². The Kier molecular flexibility index (Phi) is 3.43. The first kappa shape index (κ1) is 13.3. The smallest absolute Gasteiger partial charge is 0.186 e. The molecule has 0 radical (unpaired) electrons. The molecule has 110 valence electrons. The number of rotatable bonds is 6. The van der Waals surface area contributed by atoms with Gasteiger partial charge >= 0.3 is 0 Å². The van der Waals surface area contributed by atoms with Gasteiger partial charge in [0, 0.05) is 18.2 Å². The Bertz CT molecular complexity index is 617. The number of anilines is 1. The van der Waals surface area contributed by atoms with Crippen LogP contribution < -0.4 is 4.90 Å². The van der Waals surface area contributed by atoms with Crippen molar-refractivity contribution in [2.45, 2.75) is 38.3 Å². The average molecular weight is 300 g/mol. The van der Waals surface area contributed by atoms with Gasteiger partial charge in [0.1, 0.15) is 0 Å². The first-order chi connectivity index (χ1) is 10.3. The van der Waals surface area contributed by atoms with E-state index in [2.05, 4.69) is 17.0 Å². The Labute approximate surface area is 129 Å². The highest BCUT2D eigenvalue weighted by molar-refractivity contribution is 7.16. The van der Waals surface area contributed by atoms with E-state index in [1.54, 1.807) is 11.3 Å². The number of aromatic nitrogens is 1. The van der Waals surface area contributed by atoms with Crippen LogP contribution in [-0.2, 0) is 6.61 Å². The van der Waals surface area contributed by atoms with Gasteiger partial charge < -0.3 is 10.0 Å². The third-order valence-corrected chi connectivity index (χ3v) is 5.34. The summed E-state index contributed by atoms with van der Waals surface area (Å²) in [4.78, 5) is 8.36. The maximum Gasteiger partial charge on any atom is 0.186 e. The van der Waals surface area contributed by atoms with Gasteiger partial charge in [0.15, 0.2) is 5.13 Å². The largest absolute Gasteiger partial charge is 0.391 e. The van der Waals surface area contributed by atoms with E-state index in [-0.39, 0.29) is 6.61 Å². The molecule has 0 aliphatic heterocycles. The number of aliphatic hydroxyl groups is 1. The summed E-state index contributed by atoms with van der Waals surface area (Å²) < 4.78 is 0. The van der Waals surface area contributed by atoms with E-state index in [0.717, 1.165) is 33.7 Å². The van der Waals surface area contributed by atoms with Gasteiger partial charge in [0.05, 0.1) is 17.2 Å². The van der Waals surface area contributed by atoms with Gasteiger partial charge in [-0.3, -0.25) is 0 Å². The highest BCUT2D eigenvalue weighted by Crippen LogP contribution is 2.41. The lowest BCUT2D eigenvalue weighted by atomic mass is 10.1. The Morgan fingerprint density at radius 2 is 1.90 bits per heavy atom. The van der Waals surface area contributed by atoms with E-state index in [0.29, 0.717) is 6.04 Å². The van der Waals surface area contributed by atoms with Crippen molar-refractivity contribution in [2.24, 2.45) is 5.92 Å². The van der Waals surface area contributed by atoms with Crippen molar-refractivity contribution in [1.82, 2.24) is 4.98 Å². The Balaban J connectivity index is 1.67. The molecule has 0 saturated heterocycles. The molecule has 0 atom stereocenters. The first-order valence-electron chi connectivity index (χ1n) is 7.78. The topological polar surface area (TPSA) is 36.4 Å². The van der Waals surface area contributed by atoms with E-state index >= 15 is 0 Å². The van der Waals surface area contributed by atoms with Crippen molar-refractivity contribution in [1.29, 1.82) is 0 Å². The lowest BCUT2D eigenvalue weighted by molar-refractivity contribution is 0.286. The quantitative estimate of drug-likeness (QED) is 0.884. The molecule has 1 N–H and O–H groups in total. The Hall–Kier alpha value is -1.39. The van der Waals surface area contributed by atoms with Crippen LogP contribution in [0.1, 0.15) is 30.6 Å². The second-order valence-electron chi connectivity index (χ2n) is 6.12. The third-order valence-electron chi connectivity index (χ3n) is 4.26. The zero-order chi connectivity index (χ0) is 14.2. The van der Waals surface area contributed by atoms with Crippen LogP contribution in [-0.4, -0.2) is 22.7 Å². The van der Waals surface area contributed by atoms with Crippen molar-refractivity contribution < 1.29 is 5.11 Å². The summed E-state index contributed by atoms with van der Waals surface area (Å²) in [7, 11) is 0. The fourth-order valence-corrected chi connectivity index (χ4v) is 3.76. The van der Waals surface area contributed by atoms with Gasteiger partial charge in [0.2, 0.25) is 0 Å². The molecule has 3 nitrogen and oxygen atoms in total. The molecule has 0 spiro atoms. The molecular formula is C17H20N2OS. The van der Waals surface area contributed by atoms with Crippen LogP contribution in [0.25, 0.3) is 11.3 Å². The summed E-state index contributed by atoms with van der Waals surface area (Å²) in [5, 5.41) is 10.8. The number of hydrogen-bond donors (Lipinski definition) is 1. The fourth-order valence-electron chi connectivity index (χ4n) is 2.74. The molecule has 0 bridgehead atoms. The van der Waals surface area contributed by atoms with Crippen molar-refractivity contribution in [3.05, 3.63) is 35.2 Å². The maximum atomic E-state index is 9.68. The van der Waals surface area contributed by atoms with E-state index < -0.39 is 0 Å². The predicted octanol–water partition coefficient (Wildman–Crippen LogP) is 3.68. The van der Waals surface area contributed by atoms with Crippen LogP contribution in [0.2, 0.25) is 0 Å². The standard InChI is InChI=1S/C17H20N2OS/c20-11-15-16(13-4-2-1-3-5-13)18-17(21-15)19(14-8-9-14)10-12-6-7-12/h1-5,12,14,20H,6-11H2. The molecule has 2 fully saturated rings. The lowest BCUT2D eigenvalue weighted by Gasteiger charge is -2.21. The lowest BCUT2D eigenvalue weighted by Crippen LogP contribution is -2.27. The maximum absolute atomic E-state index is 9.68. The third kappa shape index (κ3) is 2.83. The van der Waals surface area contributed by atoms with Gasteiger partial charge in [-0.15, -0.1) is 0 Å². The SMILES string of the molecule is OCc1sc(N(CC2CC2)C2CC2)nc1-c1ccccc1. The molecule has 4 rings (SSSR count). The summed E-state index contributed by atoms with van der Waals surface area (Å²) in [6, 6.07) is 10.9. The van der Waals surface area contributed by atoms with E-state index in [1.165, 1.54) is 25.7 Å². The van der Waals surface area contributed by atoms with Crippen molar-refractivity contribution in [2.75, 3.05) is 11.4 Å². The van der Waals surface area contributed by atoms with Gasteiger partial charge in [-0.05, 0) is 31.6 Å². The molecule has 4 heteroatoms. The monoisotopic (exact) mass is 300 g/mol. The summed E-state index contributed by atoms with van der Waals surface area (Å²) in [5.41, 5.74) is 2.06. The summed E-state index contributed by atoms with van der Waals surface area (Å²) in [5.74, 6) is 0.868. The number of aliphatic hydroxyl groups excluding tert-OH is 1. The fraction of sp³-hybridized carbons (Fsp3) is 0.471. The first-order valence-corrected chi connectivity index (χ1v) is 8.59. The number of nitrogens with zero attached hydrogens (tertiary/aromatic N) is 2. The second-order valence-corrected chi connectivity index (χ2v) is 7.18. The zero-order valence-corrected chi connectivity index (χ0v) is 12.9. The highest BCUT2D eigenvalue weighted by Gasteiger charge is 2.35.